The van der Waals surface area contributed by atoms with Crippen molar-refractivity contribution in [3.05, 3.63) is 102 Å². The van der Waals surface area contributed by atoms with Gasteiger partial charge in [0.1, 0.15) is 5.82 Å². The van der Waals surface area contributed by atoms with Crippen LogP contribution in [0.15, 0.2) is 90.2 Å². The number of halogens is 1. The lowest BCUT2D eigenvalue weighted by Crippen LogP contribution is -1.96. The van der Waals surface area contributed by atoms with Crippen molar-refractivity contribution in [2.75, 3.05) is 0 Å². The Morgan fingerprint density at radius 1 is 0.931 bits per heavy atom. The highest BCUT2D eigenvalue weighted by atomic mass is 32.2. The quantitative estimate of drug-likeness (QED) is 0.320. The average molecular weight is 403 g/mol. The van der Waals surface area contributed by atoms with Crippen LogP contribution in [0, 0.1) is 5.82 Å². The molecule has 2 nitrogen and oxygen atoms in total. The standard InChI is InChI=1S/C25H23FN2S/c1-18(2)20-13-11-19(12-14-20)17-29-25-27-24(21-7-4-3-5-8-21)16-28(25)23-10-6-9-22(26)15-23/h3-16,18H,17H2,1-2H3. The van der Waals surface area contributed by atoms with Crippen LogP contribution in [0.25, 0.3) is 16.9 Å². The topological polar surface area (TPSA) is 17.8 Å². The minimum atomic E-state index is -0.252. The number of aromatic nitrogens is 2. The molecule has 1 heterocycles. The van der Waals surface area contributed by atoms with Crippen LogP contribution < -0.4 is 0 Å². The molecule has 0 radical (unpaired) electrons. The third-order valence-electron chi connectivity index (χ3n) is 4.84. The first kappa shape index (κ1) is 19.5. The number of nitrogens with zero attached hydrogens (tertiary/aromatic N) is 2. The van der Waals surface area contributed by atoms with E-state index in [1.807, 2.05) is 47.2 Å². The van der Waals surface area contributed by atoms with E-state index in [4.69, 9.17) is 4.98 Å². The van der Waals surface area contributed by atoms with Crippen molar-refractivity contribution in [1.82, 2.24) is 9.55 Å². The summed E-state index contributed by atoms with van der Waals surface area (Å²) < 4.78 is 15.8. The second-order valence-electron chi connectivity index (χ2n) is 7.31. The Labute approximate surface area is 175 Å². The van der Waals surface area contributed by atoms with Crippen LogP contribution in [-0.4, -0.2) is 9.55 Å². The molecule has 29 heavy (non-hydrogen) atoms. The number of benzene rings is 3. The van der Waals surface area contributed by atoms with Gasteiger partial charge in [0.05, 0.1) is 11.4 Å². The van der Waals surface area contributed by atoms with Gasteiger partial charge >= 0.3 is 0 Å². The van der Waals surface area contributed by atoms with Gasteiger partial charge in [0.15, 0.2) is 5.16 Å². The monoisotopic (exact) mass is 402 g/mol. The molecule has 0 unspecified atom stereocenters. The van der Waals surface area contributed by atoms with E-state index in [-0.39, 0.29) is 5.82 Å². The molecule has 0 aliphatic rings. The van der Waals surface area contributed by atoms with Crippen LogP contribution in [0.1, 0.15) is 30.9 Å². The van der Waals surface area contributed by atoms with E-state index < -0.39 is 0 Å². The zero-order chi connectivity index (χ0) is 20.2. The molecular formula is C25H23FN2S. The van der Waals surface area contributed by atoms with Gasteiger partial charge in [0.25, 0.3) is 0 Å². The molecule has 3 aromatic carbocycles. The molecule has 0 aliphatic carbocycles. The van der Waals surface area contributed by atoms with Crippen molar-refractivity contribution >= 4 is 11.8 Å². The lowest BCUT2D eigenvalue weighted by atomic mass is 10.0. The number of hydrogen-bond donors (Lipinski definition) is 0. The minimum absolute atomic E-state index is 0.252. The van der Waals surface area contributed by atoms with Gasteiger partial charge in [0.2, 0.25) is 0 Å². The van der Waals surface area contributed by atoms with Crippen LogP contribution in [0.4, 0.5) is 4.39 Å². The molecule has 0 fully saturated rings. The van der Waals surface area contributed by atoms with E-state index in [0.717, 1.165) is 27.9 Å². The Hall–Kier alpha value is -2.85. The number of rotatable bonds is 6. The van der Waals surface area contributed by atoms with E-state index in [0.29, 0.717) is 5.92 Å². The van der Waals surface area contributed by atoms with Crippen LogP contribution >= 0.6 is 11.8 Å². The molecule has 0 saturated carbocycles. The predicted octanol–water partition coefficient (Wildman–Crippen LogP) is 7.09. The van der Waals surface area contributed by atoms with E-state index in [1.165, 1.54) is 23.3 Å². The maximum absolute atomic E-state index is 13.8. The summed E-state index contributed by atoms with van der Waals surface area (Å²) in [6.07, 6.45) is 1.98. The molecule has 0 N–H and O–H groups in total. The second kappa shape index (κ2) is 8.66. The summed E-state index contributed by atoms with van der Waals surface area (Å²) in [6, 6.07) is 25.4. The van der Waals surface area contributed by atoms with Gasteiger partial charge in [-0.3, -0.25) is 4.57 Å². The summed E-state index contributed by atoms with van der Waals surface area (Å²) in [7, 11) is 0. The highest BCUT2D eigenvalue weighted by molar-refractivity contribution is 7.98. The number of hydrogen-bond acceptors (Lipinski definition) is 2. The van der Waals surface area contributed by atoms with Crippen molar-refractivity contribution in [3.63, 3.8) is 0 Å². The van der Waals surface area contributed by atoms with Gasteiger partial charge < -0.3 is 0 Å². The first-order chi connectivity index (χ1) is 14.1. The SMILES string of the molecule is CC(C)c1ccc(CSc2nc(-c3ccccc3)cn2-c2cccc(F)c2)cc1. The smallest absolute Gasteiger partial charge is 0.173 e. The van der Waals surface area contributed by atoms with E-state index in [9.17, 15) is 4.39 Å². The zero-order valence-corrected chi connectivity index (χ0v) is 17.4. The van der Waals surface area contributed by atoms with Crippen LogP contribution in [0.3, 0.4) is 0 Å². The largest absolute Gasteiger partial charge is 0.294 e. The lowest BCUT2D eigenvalue weighted by Gasteiger charge is -2.09. The summed E-state index contributed by atoms with van der Waals surface area (Å²) in [4.78, 5) is 4.85. The third kappa shape index (κ3) is 4.60. The van der Waals surface area contributed by atoms with E-state index in [2.05, 4.69) is 38.1 Å². The predicted molar refractivity (Wildman–Crippen MR) is 119 cm³/mol. The Morgan fingerprint density at radius 3 is 2.38 bits per heavy atom. The van der Waals surface area contributed by atoms with Crippen LogP contribution in [-0.2, 0) is 5.75 Å². The summed E-state index contributed by atoms with van der Waals surface area (Å²) in [6.45, 7) is 4.40. The average Bonchev–Trinajstić information content (AvgIpc) is 3.17. The molecular weight excluding hydrogens is 379 g/mol. The fraction of sp³-hybridized carbons (Fsp3) is 0.160. The highest BCUT2D eigenvalue weighted by Crippen LogP contribution is 2.30. The molecule has 0 bridgehead atoms. The van der Waals surface area contributed by atoms with E-state index in [1.54, 1.807) is 17.8 Å². The Balaban J connectivity index is 1.64. The maximum atomic E-state index is 13.8. The van der Waals surface area contributed by atoms with Gasteiger partial charge in [0, 0.05) is 17.5 Å². The normalized spacial score (nSPS) is 11.2. The van der Waals surface area contributed by atoms with Gasteiger partial charge in [-0.05, 0) is 35.2 Å². The van der Waals surface area contributed by atoms with E-state index >= 15 is 0 Å². The van der Waals surface area contributed by atoms with Crippen molar-refractivity contribution in [1.29, 1.82) is 0 Å². The van der Waals surface area contributed by atoms with Gasteiger partial charge in [-0.1, -0.05) is 86.3 Å². The van der Waals surface area contributed by atoms with Crippen LogP contribution in [0.2, 0.25) is 0 Å². The number of imidazole rings is 1. The fourth-order valence-electron chi connectivity index (χ4n) is 3.17. The van der Waals surface area contributed by atoms with Crippen LogP contribution in [0.5, 0.6) is 0 Å². The van der Waals surface area contributed by atoms with Gasteiger partial charge in [-0.25, -0.2) is 9.37 Å². The van der Waals surface area contributed by atoms with Crippen molar-refractivity contribution in [3.8, 4) is 16.9 Å². The summed E-state index contributed by atoms with van der Waals surface area (Å²) in [5.41, 5.74) is 5.29. The lowest BCUT2D eigenvalue weighted by molar-refractivity contribution is 0.626. The molecule has 146 valence electrons. The van der Waals surface area contributed by atoms with Crippen molar-refractivity contribution in [2.45, 2.75) is 30.7 Å². The summed E-state index contributed by atoms with van der Waals surface area (Å²) in [5, 5.41) is 0.849. The Kier molecular flexibility index (Phi) is 5.81. The molecule has 4 aromatic rings. The first-order valence-electron chi connectivity index (χ1n) is 9.72. The molecule has 0 amide bonds. The summed E-state index contributed by atoms with van der Waals surface area (Å²) >= 11 is 1.66. The molecule has 4 rings (SSSR count). The fourth-order valence-corrected chi connectivity index (χ4v) is 4.12. The Bertz CT molecular complexity index is 1090. The summed E-state index contributed by atoms with van der Waals surface area (Å²) in [5.74, 6) is 1.08. The molecule has 4 heteroatoms. The first-order valence-corrected chi connectivity index (χ1v) is 10.7. The molecule has 0 atom stereocenters. The molecule has 0 saturated heterocycles. The molecule has 0 spiro atoms. The second-order valence-corrected chi connectivity index (χ2v) is 8.25. The number of thioether (sulfide) groups is 1. The highest BCUT2D eigenvalue weighted by Gasteiger charge is 2.13. The van der Waals surface area contributed by atoms with Gasteiger partial charge in [-0.2, -0.15) is 0 Å². The van der Waals surface area contributed by atoms with Gasteiger partial charge in [-0.15, -0.1) is 0 Å². The minimum Gasteiger partial charge on any atom is -0.294 e. The van der Waals surface area contributed by atoms with Crippen molar-refractivity contribution < 1.29 is 4.39 Å². The zero-order valence-electron chi connectivity index (χ0n) is 16.5. The van der Waals surface area contributed by atoms with Crippen molar-refractivity contribution in [2.24, 2.45) is 0 Å². The third-order valence-corrected chi connectivity index (χ3v) is 5.87. The Morgan fingerprint density at radius 2 is 1.69 bits per heavy atom. The molecule has 0 aliphatic heterocycles. The maximum Gasteiger partial charge on any atom is 0.173 e. The molecule has 1 aromatic heterocycles.